The minimum atomic E-state index is -0.393. The highest BCUT2D eigenvalue weighted by Gasteiger charge is 2.17. The van der Waals surface area contributed by atoms with Crippen LogP contribution in [0, 0.1) is 6.92 Å². The Morgan fingerprint density at radius 2 is 2.09 bits per heavy atom. The fraction of sp³-hybridized carbons (Fsp3) is 0.267. The standard InChI is InChI=1S/C15H19N5O2S/c1-4-22-12-7-5-11(6-8-12)20(15(16)23)18-14(21)13-9-10(2)19(3)17-13/h5-9H,4H2,1-3H3,(H2,16,23)(H,18,21). The second-order valence-corrected chi connectivity index (χ2v) is 5.25. The first-order chi connectivity index (χ1) is 10.9. The molecule has 0 saturated carbocycles. The van der Waals surface area contributed by atoms with E-state index in [2.05, 4.69) is 10.5 Å². The van der Waals surface area contributed by atoms with Gasteiger partial charge in [0, 0.05) is 12.7 Å². The van der Waals surface area contributed by atoms with Crippen molar-refractivity contribution in [1.82, 2.24) is 15.2 Å². The van der Waals surface area contributed by atoms with E-state index >= 15 is 0 Å². The average Bonchev–Trinajstić information content (AvgIpc) is 2.85. The molecular weight excluding hydrogens is 314 g/mol. The van der Waals surface area contributed by atoms with Crippen LogP contribution < -0.4 is 20.9 Å². The number of ether oxygens (including phenoxy) is 1. The number of carbonyl (C=O) groups excluding carboxylic acids is 1. The lowest BCUT2D eigenvalue weighted by atomic mass is 10.3. The van der Waals surface area contributed by atoms with Crippen molar-refractivity contribution >= 4 is 28.9 Å². The summed E-state index contributed by atoms with van der Waals surface area (Å²) in [6.07, 6.45) is 0. The Hall–Kier alpha value is -2.61. The van der Waals surface area contributed by atoms with Gasteiger partial charge >= 0.3 is 0 Å². The number of hydrazine groups is 1. The molecule has 0 bridgehead atoms. The molecule has 3 N–H and O–H groups in total. The maximum absolute atomic E-state index is 12.3. The van der Waals surface area contributed by atoms with Gasteiger partial charge in [0.2, 0.25) is 0 Å². The SMILES string of the molecule is CCOc1ccc(N(NC(=O)c2cc(C)n(C)n2)C(N)=S)cc1. The monoisotopic (exact) mass is 333 g/mol. The van der Waals surface area contributed by atoms with Crippen LogP contribution in [0.1, 0.15) is 23.1 Å². The van der Waals surface area contributed by atoms with Crippen molar-refractivity contribution < 1.29 is 9.53 Å². The van der Waals surface area contributed by atoms with Gasteiger partial charge in [-0.05, 0) is 56.4 Å². The van der Waals surface area contributed by atoms with Gasteiger partial charge in [-0.1, -0.05) is 0 Å². The number of hydrogen-bond acceptors (Lipinski definition) is 4. The molecule has 0 fully saturated rings. The van der Waals surface area contributed by atoms with Gasteiger partial charge in [0.15, 0.2) is 10.8 Å². The van der Waals surface area contributed by atoms with Crippen LogP contribution in [-0.2, 0) is 7.05 Å². The molecule has 0 radical (unpaired) electrons. The molecule has 1 aromatic carbocycles. The van der Waals surface area contributed by atoms with Gasteiger partial charge in [0.25, 0.3) is 5.91 Å². The Morgan fingerprint density at radius 3 is 2.57 bits per heavy atom. The maximum atomic E-state index is 12.3. The highest BCUT2D eigenvalue weighted by Crippen LogP contribution is 2.18. The van der Waals surface area contributed by atoms with E-state index in [9.17, 15) is 4.79 Å². The Labute approximate surface area is 140 Å². The van der Waals surface area contributed by atoms with Crippen molar-refractivity contribution in [2.45, 2.75) is 13.8 Å². The molecule has 0 aliphatic heterocycles. The number of thiocarbonyl (C=S) groups is 1. The molecule has 1 amide bonds. The third kappa shape index (κ3) is 3.98. The molecule has 0 saturated heterocycles. The number of benzene rings is 1. The number of hydrogen-bond donors (Lipinski definition) is 2. The Bertz CT molecular complexity index is 692. The molecule has 0 unspecified atom stereocenters. The Morgan fingerprint density at radius 1 is 1.43 bits per heavy atom. The van der Waals surface area contributed by atoms with Crippen LogP contribution in [0.2, 0.25) is 0 Å². The number of aromatic nitrogens is 2. The van der Waals surface area contributed by atoms with E-state index in [0.717, 1.165) is 11.4 Å². The first-order valence-electron chi connectivity index (χ1n) is 7.06. The van der Waals surface area contributed by atoms with E-state index in [1.807, 2.05) is 13.8 Å². The summed E-state index contributed by atoms with van der Waals surface area (Å²) in [7, 11) is 1.77. The molecule has 0 aliphatic rings. The van der Waals surface area contributed by atoms with Crippen LogP contribution in [0.5, 0.6) is 5.75 Å². The summed E-state index contributed by atoms with van der Waals surface area (Å²) >= 11 is 5.01. The van der Waals surface area contributed by atoms with Gasteiger partial charge < -0.3 is 10.5 Å². The van der Waals surface area contributed by atoms with Crippen molar-refractivity contribution in [3.63, 3.8) is 0 Å². The number of nitrogens with one attached hydrogen (secondary N) is 1. The van der Waals surface area contributed by atoms with E-state index in [1.54, 1.807) is 42.1 Å². The third-order valence-corrected chi connectivity index (χ3v) is 3.37. The van der Waals surface area contributed by atoms with Crippen LogP contribution in [0.4, 0.5) is 5.69 Å². The molecule has 1 aromatic heterocycles. The molecule has 8 heteroatoms. The molecule has 0 aliphatic carbocycles. The summed E-state index contributed by atoms with van der Waals surface area (Å²) in [6.45, 7) is 4.35. The molecule has 7 nitrogen and oxygen atoms in total. The first kappa shape index (κ1) is 16.8. The van der Waals surface area contributed by atoms with Crippen molar-refractivity contribution in [3.05, 3.63) is 41.7 Å². The lowest BCUT2D eigenvalue weighted by Crippen LogP contribution is -2.49. The van der Waals surface area contributed by atoms with Gasteiger partial charge in [0.1, 0.15) is 5.75 Å². The summed E-state index contributed by atoms with van der Waals surface area (Å²) < 4.78 is 7.01. The summed E-state index contributed by atoms with van der Waals surface area (Å²) in [5.41, 5.74) is 10.2. The molecule has 1 heterocycles. The first-order valence-corrected chi connectivity index (χ1v) is 7.47. The van der Waals surface area contributed by atoms with E-state index in [4.69, 9.17) is 22.7 Å². The van der Waals surface area contributed by atoms with Crippen molar-refractivity contribution in [3.8, 4) is 5.75 Å². The average molecular weight is 333 g/mol. The molecule has 0 spiro atoms. The Kier molecular flexibility index (Phi) is 5.17. The zero-order chi connectivity index (χ0) is 17.0. The normalized spacial score (nSPS) is 10.2. The largest absolute Gasteiger partial charge is 0.494 e. The molecule has 122 valence electrons. The van der Waals surface area contributed by atoms with Crippen LogP contribution in [-0.4, -0.2) is 27.4 Å². The topological polar surface area (TPSA) is 85.4 Å². The predicted molar refractivity (Wildman–Crippen MR) is 92.3 cm³/mol. The smallest absolute Gasteiger partial charge is 0.290 e. The minimum Gasteiger partial charge on any atom is -0.494 e. The summed E-state index contributed by atoms with van der Waals surface area (Å²) in [6, 6.07) is 8.76. The van der Waals surface area contributed by atoms with Gasteiger partial charge in [-0.25, -0.2) is 5.01 Å². The molecule has 2 rings (SSSR count). The number of aryl methyl sites for hydroxylation is 2. The fourth-order valence-electron chi connectivity index (χ4n) is 1.94. The fourth-order valence-corrected chi connectivity index (χ4v) is 2.09. The molecule has 0 atom stereocenters. The van der Waals surface area contributed by atoms with Gasteiger partial charge in [-0.3, -0.25) is 14.9 Å². The van der Waals surface area contributed by atoms with Gasteiger partial charge in [-0.15, -0.1) is 0 Å². The number of carbonyl (C=O) groups is 1. The van der Waals surface area contributed by atoms with E-state index in [-0.39, 0.29) is 10.8 Å². The number of amides is 1. The van der Waals surface area contributed by atoms with Crippen molar-refractivity contribution in [2.24, 2.45) is 12.8 Å². The highest BCUT2D eigenvalue weighted by molar-refractivity contribution is 7.80. The second kappa shape index (κ2) is 7.10. The number of rotatable bonds is 4. The lowest BCUT2D eigenvalue weighted by molar-refractivity contribution is 0.0949. The zero-order valence-electron chi connectivity index (χ0n) is 13.2. The van der Waals surface area contributed by atoms with E-state index in [0.29, 0.717) is 12.3 Å². The molecule has 2 aromatic rings. The van der Waals surface area contributed by atoms with Crippen molar-refractivity contribution in [2.75, 3.05) is 11.6 Å². The number of nitrogens with zero attached hydrogens (tertiary/aromatic N) is 3. The van der Waals surface area contributed by atoms with E-state index in [1.165, 1.54) is 5.01 Å². The summed E-state index contributed by atoms with van der Waals surface area (Å²) in [4.78, 5) is 12.3. The van der Waals surface area contributed by atoms with Gasteiger partial charge in [-0.2, -0.15) is 5.10 Å². The molecule has 23 heavy (non-hydrogen) atoms. The summed E-state index contributed by atoms with van der Waals surface area (Å²) in [5.74, 6) is 0.334. The summed E-state index contributed by atoms with van der Waals surface area (Å²) in [5, 5.41) is 5.48. The maximum Gasteiger partial charge on any atom is 0.290 e. The van der Waals surface area contributed by atoms with Gasteiger partial charge in [0.05, 0.1) is 12.3 Å². The molecular formula is C15H19N5O2S. The van der Waals surface area contributed by atoms with Crippen molar-refractivity contribution in [1.29, 1.82) is 0 Å². The van der Waals surface area contributed by atoms with Crippen LogP contribution in [0.15, 0.2) is 30.3 Å². The highest BCUT2D eigenvalue weighted by atomic mass is 32.1. The van der Waals surface area contributed by atoms with Crippen LogP contribution in [0.3, 0.4) is 0 Å². The van der Waals surface area contributed by atoms with E-state index < -0.39 is 5.91 Å². The zero-order valence-corrected chi connectivity index (χ0v) is 14.1. The minimum absolute atomic E-state index is 0.0233. The predicted octanol–water partition coefficient (Wildman–Crippen LogP) is 1.52. The number of anilines is 1. The Balaban J connectivity index is 2.18. The quantitative estimate of drug-likeness (QED) is 0.652. The van der Waals surface area contributed by atoms with Crippen LogP contribution >= 0.6 is 12.2 Å². The lowest BCUT2D eigenvalue weighted by Gasteiger charge is -2.23. The third-order valence-electron chi connectivity index (χ3n) is 3.19. The number of nitrogens with two attached hydrogens (primary N) is 1. The van der Waals surface area contributed by atoms with Crippen LogP contribution in [0.25, 0.3) is 0 Å². The second-order valence-electron chi connectivity index (χ2n) is 4.84.